The summed E-state index contributed by atoms with van der Waals surface area (Å²) in [7, 11) is 1.89. The first-order chi connectivity index (χ1) is 12.9. The second-order valence-corrected chi connectivity index (χ2v) is 7.31. The zero-order valence-electron chi connectivity index (χ0n) is 15.6. The van der Waals surface area contributed by atoms with E-state index < -0.39 is 0 Å². The van der Waals surface area contributed by atoms with Crippen molar-refractivity contribution < 1.29 is 9.18 Å². The number of benzene rings is 1. The summed E-state index contributed by atoms with van der Waals surface area (Å²) in [6.07, 6.45) is 1.97. The molecule has 2 N–H and O–H groups in total. The van der Waals surface area contributed by atoms with Crippen LogP contribution in [0.25, 0.3) is 11.3 Å². The van der Waals surface area contributed by atoms with Crippen LogP contribution in [0.4, 0.5) is 4.39 Å². The number of nitrogens with one attached hydrogen (secondary N) is 2. The first-order valence-electron chi connectivity index (χ1n) is 9.00. The van der Waals surface area contributed by atoms with Crippen molar-refractivity contribution >= 4 is 5.91 Å². The summed E-state index contributed by atoms with van der Waals surface area (Å²) in [6, 6.07) is 8.30. The summed E-state index contributed by atoms with van der Waals surface area (Å²) in [5, 5.41) is 14.5. The number of aromatic amines is 1. The molecule has 0 spiro atoms. The fraction of sp³-hybridized carbons (Fsp3) is 0.350. The van der Waals surface area contributed by atoms with Crippen LogP contribution in [-0.4, -0.2) is 32.4 Å². The zero-order chi connectivity index (χ0) is 19.2. The van der Waals surface area contributed by atoms with Crippen molar-refractivity contribution in [1.29, 1.82) is 0 Å². The van der Waals surface area contributed by atoms with Crippen LogP contribution < -0.4 is 5.32 Å². The molecule has 2 heterocycles. The third kappa shape index (κ3) is 3.13. The van der Waals surface area contributed by atoms with Crippen molar-refractivity contribution in [2.24, 2.45) is 7.05 Å². The SMILES string of the molecule is Cc1nn(C)c(C)c1-c1cc(C(=O)NCC2(c3ccc(F)cc3)CC2)[nH]n1. The van der Waals surface area contributed by atoms with Crippen LogP contribution in [0.3, 0.4) is 0 Å². The maximum absolute atomic E-state index is 13.1. The Balaban J connectivity index is 1.47. The van der Waals surface area contributed by atoms with Crippen LogP contribution in [0.15, 0.2) is 30.3 Å². The molecule has 1 fully saturated rings. The van der Waals surface area contributed by atoms with E-state index in [4.69, 9.17) is 0 Å². The van der Waals surface area contributed by atoms with E-state index >= 15 is 0 Å². The Kier molecular flexibility index (Phi) is 4.09. The van der Waals surface area contributed by atoms with Gasteiger partial charge in [-0.2, -0.15) is 10.2 Å². The maximum atomic E-state index is 13.1. The monoisotopic (exact) mass is 367 g/mol. The van der Waals surface area contributed by atoms with Crippen molar-refractivity contribution in [3.63, 3.8) is 0 Å². The summed E-state index contributed by atoms with van der Waals surface area (Å²) in [6.45, 7) is 4.43. The van der Waals surface area contributed by atoms with Crippen LogP contribution >= 0.6 is 0 Å². The highest BCUT2D eigenvalue weighted by molar-refractivity contribution is 5.93. The van der Waals surface area contributed by atoms with Gasteiger partial charge in [-0.05, 0) is 50.5 Å². The molecule has 1 amide bonds. The average Bonchev–Trinajstić information content (AvgIpc) is 3.20. The number of H-pyrrole nitrogens is 1. The van der Waals surface area contributed by atoms with E-state index in [2.05, 4.69) is 20.6 Å². The fourth-order valence-electron chi connectivity index (χ4n) is 3.58. The molecule has 1 aliphatic carbocycles. The Hall–Kier alpha value is -2.96. The summed E-state index contributed by atoms with van der Waals surface area (Å²) >= 11 is 0. The van der Waals surface area contributed by atoms with Gasteiger partial charge in [0.1, 0.15) is 11.5 Å². The summed E-state index contributed by atoms with van der Waals surface area (Å²) in [5.41, 5.74) is 4.93. The molecule has 27 heavy (non-hydrogen) atoms. The van der Waals surface area contributed by atoms with E-state index in [1.54, 1.807) is 22.9 Å². The molecular weight excluding hydrogens is 345 g/mol. The Bertz CT molecular complexity index is 998. The zero-order valence-corrected chi connectivity index (χ0v) is 15.6. The summed E-state index contributed by atoms with van der Waals surface area (Å²) < 4.78 is 14.9. The number of amides is 1. The van der Waals surface area contributed by atoms with Gasteiger partial charge in [-0.15, -0.1) is 0 Å². The minimum Gasteiger partial charge on any atom is -0.350 e. The number of hydrogen-bond acceptors (Lipinski definition) is 3. The predicted molar refractivity (Wildman–Crippen MR) is 99.9 cm³/mol. The van der Waals surface area contributed by atoms with Gasteiger partial charge in [0.25, 0.3) is 5.91 Å². The topological polar surface area (TPSA) is 75.6 Å². The number of rotatable bonds is 5. The van der Waals surface area contributed by atoms with Gasteiger partial charge in [-0.3, -0.25) is 14.6 Å². The molecule has 0 radical (unpaired) electrons. The summed E-state index contributed by atoms with van der Waals surface area (Å²) in [4.78, 5) is 12.6. The first kappa shape index (κ1) is 17.5. The normalized spacial score (nSPS) is 15.0. The number of carbonyl (C=O) groups is 1. The van der Waals surface area contributed by atoms with Gasteiger partial charge in [0.15, 0.2) is 0 Å². The van der Waals surface area contributed by atoms with Gasteiger partial charge >= 0.3 is 0 Å². The van der Waals surface area contributed by atoms with E-state index in [0.29, 0.717) is 17.9 Å². The lowest BCUT2D eigenvalue weighted by molar-refractivity contribution is 0.0944. The average molecular weight is 367 g/mol. The van der Waals surface area contributed by atoms with Gasteiger partial charge in [-0.1, -0.05) is 12.1 Å². The third-order valence-electron chi connectivity index (χ3n) is 5.49. The quantitative estimate of drug-likeness (QED) is 0.728. The second kappa shape index (κ2) is 6.33. The lowest BCUT2D eigenvalue weighted by Crippen LogP contribution is -2.32. The Morgan fingerprint density at radius 1 is 1.30 bits per heavy atom. The molecule has 0 saturated heterocycles. The standard InChI is InChI=1S/C20H22FN5O/c1-12-18(13(2)26(3)25-12)16-10-17(24-23-16)19(27)22-11-20(8-9-20)14-4-6-15(21)7-5-14/h4-7,10H,8-9,11H2,1-3H3,(H,22,27)(H,23,24). The van der Waals surface area contributed by atoms with Crippen molar-refractivity contribution in [3.8, 4) is 11.3 Å². The number of carbonyl (C=O) groups excluding carboxylic acids is 1. The van der Waals surface area contributed by atoms with Crippen molar-refractivity contribution in [3.05, 3.63) is 58.8 Å². The van der Waals surface area contributed by atoms with Gasteiger partial charge in [0, 0.05) is 30.3 Å². The number of aromatic nitrogens is 4. The molecule has 0 unspecified atom stereocenters. The number of nitrogens with zero attached hydrogens (tertiary/aromatic N) is 3. The molecule has 3 aromatic rings. The van der Waals surface area contributed by atoms with Crippen molar-refractivity contribution in [1.82, 2.24) is 25.3 Å². The number of aryl methyl sites for hydroxylation is 2. The molecule has 1 aromatic carbocycles. The van der Waals surface area contributed by atoms with Crippen LogP contribution in [-0.2, 0) is 12.5 Å². The maximum Gasteiger partial charge on any atom is 0.269 e. The van der Waals surface area contributed by atoms with Crippen LogP contribution in [0, 0.1) is 19.7 Å². The van der Waals surface area contributed by atoms with E-state index in [-0.39, 0.29) is 17.1 Å². The minimum absolute atomic E-state index is 0.0806. The second-order valence-electron chi connectivity index (χ2n) is 7.31. The molecule has 1 aliphatic rings. The number of hydrogen-bond donors (Lipinski definition) is 2. The van der Waals surface area contributed by atoms with E-state index in [0.717, 1.165) is 35.4 Å². The van der Waals surface area contributed by atoms with Gasteiger partial charge in [0.2, 0.25) is 0 Å². The first-order valence-corrected chi connectivity index (χ1v) is 9.00. The molecule has 4 rings (SSSR count). The van der Waals surface area contributed by atoms with Gasteiger partial charge in [-0.25, -0.2) is 4.39 Å². The van der Waals surface area contributed by atoms with E-state index in [1.165, 1.54) is 12.1 Å². The molecular formula is C20H22FN5O. The molecule has 0 aliphatic heterocycles. The van der Waals surface area contributed by atoms with Gasteiger partial charge < -0.3 is 5.32 Å². The third-order valence-corrected chi connectivity index (χ3v) is 5.49. The molecule has 0 atom stereocenters. The molecule has 0 bridgehead atoms. The van der Waals surface area contributed by atoms with Crippen LogP contribution in [0.1, 0.15) is 40.3 Å². The molecule has 1 saturated carbocycles. The van der Waals surface area contributed by atoms with Crippen LogP contribution in [0.2, 0.25) is 0 Å². The molecule has 140 valence electrons. The highest BCUT2D eigenvalue weighted by Gasteiger charge is 2.44. The number of halogens is 1. The minimum atomic E-state index is -0.246. The molecule has 2 aromatic heterocycles. The lowest BCUT2D eigenvalue weighted by Gasteiger charge is -2.16. The lowest BCUT2D eigenvalue weighted by atomic mass is 9.96. The fourth-order valence-corrected chi connectivity index (χ4v) is 3.58. The largest absolute Gasteiger partial charge is 0.350 e. The van der Waals surface area contributed by atoms with Crippen molar-refractivity contribution in [2.75, 3.05) is 6.54 Å². The predicted octanol–water partition coefficient (Wildman–Crippen LogP) is 3.03. The highest BCUT2D eigenvalue weighted by Crippen LogP contribution is 2.47. The van der Waals surface area contributed by atoms with E-state index in [1.807, 2.05) is 20.9 Å². The Morgan fingerprint density at radius 3 is 2.59 bits per heavy atom. The molecule has 7 heteroatoms. The summed E-state index contributed by atoms with van der Waals surface area (Å²) in [5.74, 6) is -0.439. The van der Waals surface area contributed by atoms with Gasteiger partial charge in [0.05, 0.1) is 11.4 Å². The molecule has 6 nitrogen and oxygen atoms in total. The smallest absolute Gasteiger partial charge is 0.269 e. The Morgan fingerprint density at radius 2 is 2.00 bits per heavy atom. The Labute approximate surface area is 156 Å². The van der Waals surface area contributed by atoms with Crippen LogP contribution in [0.5, 0.6) is 0 Å². The van der Waals surface area contributed by atoms with E-state index in [9.17, 15) is 9.18 Å². The highest BCUT2D eigenvalue weighted by atomic mass is 19.1. The van der Waals surface area contributed by atoms with Crippen molar-refractivity contribution in [2.45, 2.75) is 32.1 Å².